The zero-order valence-electron chi connectivity index (χ0n) is 14.2. The molecular weight excluding hydrogens is 320 g/mol. The number of nitrogens with one attached hydrogen (secondary N) is 1. The Kier molecular flexibility index (Phi) is 4.44. The van der Waals surface area contributed by atoms with Gasteiger partial charge in [0.05, 0.1) is 5.92 Å². The molecular formula is C19H20N2O4. The standard InChI is InChI=1S/C19H20N2O4/c1-11-8-12(2)20-17(22)16(11)18(23)21-9-14(15(10-21)19(24)25)13-6-4-3-5-7-13/h3-8,14-15H,9-10H2,1-2H3,(H,20,22)(H,24,25). The first-order valence-corrected chi connectivity index (χ1v) is 8.16. The van der Waals surface area contributed by atoms with Crippen LogP contribution in [0.5, 0.6) is 0 Å². The van der Waals surface area contributed by atoms with Crippen molar-refractivity contribution in [3.05, 3.63) is 69.1 Å². The molecule has 2 atom stereocenters. The quantitative estimate of drug-likeness (QED) is 0.893. The molecule has 0 spiro atoms. The lowest BCUT2D eigenvalue weighted by atomic mass is 9.89. The Labute approximate surface area is 145 Å². The molecule has 0 radical (unpaired) electrons. The fourth-order valence-corrected chi connectivity index (χ4v) is 3.54. The molecule has 2 aromatic rings. The number of hydrogen-bond acceptors (Lipinski definition) is 3. The van der Waals surface area contributed by atoms with E-state index in [9.17, 15) is 19.5 Å². The third-order valence-corrected chi connectivity index (χ3v) is 4.73. The number of hydrogen-bond donors (Lipinski definition) is 2. The molecule has 1 fully saturated rings. The number of carboxylic acid groups (broad SMARTS) is 1. The second kappa shape index (κ2) is 6.55. The number of amides is 1. The molecule has 1 aromatic heterocycles. The number of carbonyl (C=O) groups excluding carboxylic acids is 1. The van der Waals surface area contributed by atoms with E-state index in [1.165, 1.54) is 4.90 Å². The molecule has 0 bridgehead atoms. The van der Waals surface area contributed by atoms with Crippen LogP contribution in [0.4, 0.5) is 0 Å². The van der Waals surface area contributed by atoms with Crippen molar-refractivity contribution in [3.8, 4) is 0 Å². The van der Waals surface area contributed by atoms with Crippen molar-refractivity contribution in [1.82, 2.24) is 9.88 Å². The average molecular weight is 340 g/mol. The number of H-pyrrole nitrogens is 1. The summed E-state index contributed by atoms with van der Waals surface area (Å²) in [6.07, 6.45) is 0. The summed E-state index contributed by atoms with van der Waals surface area (Å²) < 4.78 is 0. The minimum absolute atomic E-state index is 0.0865. The van der Waals surface area contributed by atoms with Crippen LogP contribution in [-0.2, 0) is 4.79 Å². The molecule has 1 aliphatic rings. The van der Waals surface area contributed by atoms with Gasteiger partial charge in [-0.15, -0.1) is 0 Å². The molecule has 0 saturated carbocycles. The van der Waals surface area contributed by atoms with Crippen LogP contribution < -0.4 is 5.56 Å². The molecule has 2 heterocycles. The van der Waals surface area contributed by atoms with Gasteiger partial charge >= 0.3 is 5.97 Å². The van der Waals surface area contributed by atoms with Gasteiger partial charge < -0.3 is 15.0 Å². The van der Waals surface area contributed by atoms with E-state index in [1.807, 2.05) is 30.3 Å². The van der Waals surface area contributed by atoms with E-state index in [2.05, 4.69) is 4.98 Å². The van der Waals surface area contributed by atoms with Crippen LogP contribution in [-0.4, -0.2) is 40.0 Å². The van der Waals surface area contributed by atoms with Gasteiger partial charge in [-0.3, -0.25) is 14.4 Å². The lowest BCUT2D eigenvalue weighted by Gasteiger charge is -2.17. The molecule has 2 unspecified atom stereocenters. The maximum atomic E-state index is 12.9. The number of rotatable bonds is 3. The van der Waals surface area contributed by atoms with Gasteiger partial charge in [0.2, 0.25) is 0 Å². The summed E-state index contributed by atoms with van der Waals surface area (Å²) in [5.41, 5.74) is 1.83. The summed E-state index contributed by atoms with van der Waals surface area (Å²) >= 11 is 0. The Hall–Kier alpha value is -2.89. The lowest BCUT2D eigenvalue weighted by Crippen LogP contribution is -2.35. The van der Waals surface area contributed by atoms with E-state index >= 15 is 0 Å². The number of aromatic amines is 1. The van der Waals surface area contributed by atoms with E-state index < -0.39 is 23.4 Å². The number of aliphatic carboxylic acids is 1. The predicted octanol–water partition coefficient (Wildman–Crippen LogP) is 1.93. The van der Waals surface area contributed by atoms with E-state index in [0.717, 1.165) is 5.56 Å². The van der Waals surface area contributed by atoms with E-state index in [4.69, 9.17) is 0 Å². The first-order chi connectivity index (χ1) is 11.9. The van der Waals surface area contributed by atoms with Crippen molar-refractivity contribution in [2.24, 2.45) is 5.92 Å². The third kappa shape index (κ3) is 3.20. The normalized spacial score (nSPS) is 19.8. The number of benzene rings is 1. The Morgan fingerprint density at radius 3 is 2.44 bits per heavy atom. The number of aryl methyl sites for hydroxylation is 2. The summed E-state index contributed by atoms with van der Waals surface area (Å²) in [5.74, 6) is -2.31. The van der Waals surface area contributed by atoms with Gasteiger partial charge in [-0.2, -0.15) is 0 Å². The highest BCUT2D eigenvalue weighted by atomic mass is 16.4. The van der Waals surface area contributed by atoms with Gasteiger partial charge in [-0.25, -0.2) is 0 Å². The molecule has 2 N–H and O–H groups in total. The van der Waals surface area contributed by atoms with Gasteiger partial charge in [0.25, 0.3) is 11.5 Å². The fourth-order valence-electron chi connectivity index (χ4n) is 3.54. The van der Waals surface area contributed by atoms with Crippen molar-refractivity contribution in [3.63, 3.8) is 0 Å². The summed E-state index contributed by atoms with van der Waals surface area (Å²) in [6.45, 7) is 3.85. The highest BCUT2D eigenvalue weighted by molar-refractivity contribution is 5.96. The number of pyridine rings is 1. The van der Waals surface area contributed by atoms with Crippen LogP contribution in [0.2, 0.25) is 0 Å². The predicted molar refractivity (Wildman–Crippen MR) is 92.7 cm³/mol. The number of nitrogens with zero attached hydrogens (tertiary/aromatic N) is 1. The maximum absolute atomic E-state index is 12.9. The molecule has 1 aliphatic heterocycles. The van der Waals surface area contributed by atoms with Gasteiger partial charge in [-0.1, -0.05) is 30.3 Å². The maximum Gasteiger partial charge on any atom is 0.308 e. The third-order valence-electron chi connectivity index (χ3n) is 4.73. The van der Waals surface area contributed by atoms with Crippen LogP contribution in [0.25, 0.3) is 0 Å². The molecule has 6 heteroatoms. The van der Waals surface area contributed by atoms with Crippen molar-refractivity contribution in [2.75, 3.05) is 13.1 Å². The van der Waals surface area contributed by atoms with Crippen LogP contribution in [0.15, 0.2) is 41.2 Å². The molecule has 0 aliphatic carbocycles. The number of likely N-dealkylation sites (tertiary alicyclic amines) is 1. The summed E-state index contributed by atoms with van der Waals surface area (Å²) in [5, 5.41) is 9.55. The highest BCUT2D eigenvalue weighted by Gasteiger charge is 2.41. The van der Waals surface area contributed by atoms with E-state index in [-0.39, 0.29) is 24.6 Å². The molecule has 1 amide bonds. The molecule has 130 valence electrons. The van der Waals surface area contributed by atoms with Crippen LogP contribution in [0.3, 0.4) is 0 Å². The minimum Gasteiger partial charge on any atom is -0.481 e. The van der Waals surface area contributed by atoms with Crippen molar-refractivity contribution >= 4 is 11.9 Å². The Morgan fingerprint density at radius 1 is 1.16 bits per heavy atom. The van der Waals surface area contributed by atoms with Crippen molar-refractivity contribution < 1.29 is 14.7 Å². The molecule has 3 rings (SSSR count). The number of carbonyl (C=O) groups is 2. The molecule has 6 nitrogen and oxygen atoms in total. The van der Waals surface area contributed by atoms with Gasteiger partial charge in [0, 0.05) is 24.7 Å². The second-order valence-corrected chi connectivity index (χ2v) is 6.51. The zero-order valence-corrected chi connectivity index (χ0v) is 14.2. The van der Waals surface area contributed by atoms with Gasteiger partial charge in [0.15, 0.2) is 0 Å². The monoisotopic (exact) mass is 340 g/mol. The van der Waals surface area contributed by atoms with E-state index in [1.54, 1.807) is 19.9 Å². The average Bonchev–Trinajstić information content (AvgIpc) is 3.00. The largest absolute Gasteiger partial charge is 0.481 e. The van der Waals surface area contributed by atoms with Crippen molar-refractivity contribution in [1.29, 1.82) is 0 Å². The second-order valence-electron chi connectivity index (χ2n) is 6.51. The lowest BCUT2D eigenvalue weighted by molar-refractivity contribution is -0.141. The van der Waals surface area contributed by atoms with Crippen molar-refractivity contribution in [2.45, 2.75) is 19.8 Å². The smallest absolute Gasteiger partial charge is 0.308 e. The number of carboxylic acids is 1. The van der Waals surface area contributed by atoms with Crippen LogP contribution >= 0.6 is 0 Å². The van der Waals surface area contributed by atoms with Crippen LogP contribution in [0.1, 0.15) is 33.1 Å². The Balaban J connectivity index is 1.93. The molecule has 1 aromatic carbocycles. The fraction of sp³-hybridized carbons (Fsp3) is 0.316. The first kappa shape index (κ1) is 17.0. The Bertz CT molecular complexity index is 873. The van der Waals surface area contributed by atoms with Gasteiger partial charge in [-0.05, 0) is 31.0 Å². The zero-order chi connectivity index (χ0) is 18.1. The topological polar surface area (TPSA) is 90.5 Å². The minimum atomic E-state index is -0.932. The Morgan fingerprint density at radius 2 is 1.84 bits per heavy atom. The SMILES string of the molecule is Cc1cc(C)c(C(=O)N2CC(C(=O)O)C(c3ccccc3)C2)c(=O)[nH]1. The summed E-state index contributed by atoms with van der Waals surface area (Å²) in [6, 6.07) is 11.1. The molecule has 25 heavy (non-hydrogen) atoms. The van der Waals surface area contributed by atoms with E-state index in [0.29, 0.717) is 11.3 Å². The summed E-state index contributed by atoms with van der Waals surface area (Å²) in [4.78, 5) is 40.8. The van der Waals surface area contributed by atoms with Gasteiger partial charge in [0.1, 0.15) is 5.56 Å². The molecule has 1 saturated heterocycles. The summed E-state index contributed by atoms with van der Waals surface area (Å²) in [7, 11) is 0. The first-order valence-electron chi connectivity index (χ1n) is 8.16. The highest BCUT2D eigenvalue weighted by Crippen LogP contribution is 2.33. The number of aromatic nitrogens is 1. The van der Waals surface area contributed by atoms with Crippen LogP contribution in [0, 0.1) is 19.8 Å².